The largest absolute Gasteiger partial charge is 0.495 e. The van der Waals surface area contributed by atoms with E-state index in [-0.39, 0.29) is 5.91 Å². The fraction of sp³-hybridized carbons (Fsp3) is 0.222. The van der Waals surface area contributed by atoms with Gasteiger partial charge in [0.15, 0.2) is 0 Å². The zero-order valence-electron chi connectivity index (χ0n) is 7.51. The van der Waals surface area contributed by atoms with Crippen molar-refractivity contribution in [2.45, 2.75) is 0 Å². The molecule has 3 nitrogen and oxygen atoms in total. The number of halogens is 2. The van der Waals surface area contributed by atoms with E-state index in [0.717, 1.165) is 0 Å². The zero-order valence-corrected chi connectivity index (χ0v) is 10.4. The molecule has 0 aliphatic heterocycles. The molecule has 1 N–H and O–H groups in total. The summed E-state index contributed by atoms with van der Waals surface area (Å²) >= 11 is 7.78. The first-order valence-electron chi connectivity index (χ1n) is 3.86. The molecule has 0 aliphatic carbocycles. The molecule has 0 saturated carbocycles. The first kappa shape index (κ1) is 11.6. The second-order valence-corrected chi connectivity index (χ2v) is 3.73. The molecule has 0 heterocycles. The van der Waals surface area contributed by atoms with Gasteiger partial charge in [0.25, 0.3) is 0 Å². The quantitative estimate of drug-likeness (QED) is 0.685. The van der Waals surface area contributed by atoms with Gasteiger partial charge in [0.1, 0.15) is 5.75 Å². The number of benzene rings is 1. The second-order valence-electron chi connectivity index (χ2n) is 2.53. The number of methoxy groups -OCH3 is 1. The number of anilines is 1. The lowest BCUT2D eigenvalue weighted by Crippen LogP contribution is -2.12. The lowest BCUT2D eigenvalue weighted by Gasteiger charge is -2.09. The molecule has 0 spiro atoms. The molecule has 0 bridgehead atoms. The molecule has 0 fully saturated rings. The van der Waals surface area contributed by atoms with E-state index in [4.69, 9.17) is 16.3 Å². The second kappa shape index (κ2) is 5.41. The van der Waals surface area contributed by atoms with Crippen LogP contribution in [0.2, 0.25) is 5.02 Å². The summed E-state index contributed by atoms with van der Waals surface area (Å²) in [5, 5.41) is 3.26. The van der Waals surface area contributed by atoms with Crippen LogP contribution in [0.5, 0.6) is 5.75 Å². The molecule has 0 atom stereocenters. The molecule has 5 heteroatoms. The molecule has 14 heavy (non-hydrogen) atoms. The van der Waals surface area contributed by atoms with Crippen molar-refractivity contribution in [1.29, 1.82) is 0 Å². The number of carbonyl (C=O) groups excluding carboxylic acids is 1. The predicted molar refractivity (Wildman–Crippen MR) is 65.5 cm³/mol. The van der Waals surface area contributed by atoms with Gasteiger partial charge >= 0.3 is 0 Å². The number of nitrogens with one attached hydrogen (secondary N) is 1. The fourth-order valence-electron chi connectivity index (χ4n) is 0.961. The average molecular weight is 326 g/mol. The third-order valence-electron chi connectivity index (χ3n) is 1.56. The molecule has 0 aromatic heterocycles. The minimum absolute atomic E-state index is 0.0776. The topological polar surface area (TPSA) is 38.3 Å². The lowest BCUT2D eigenvalue weighted by atomic mass is 10.3. The van der Waals surface area contributed by atoms with Crippen molar-refractivity contribution >= 4 is 45.8 Å². The van der Waals surface area contributed by atoms with E-state index in [9.17, 15) is 4.79 Å². The minimum Gasteiger partial charge on any atom is -0.495 e. The van der Waals surface area contributed by atoms with Gasteiger partial charge in [-0.25, -0.2) is 0 Å². The van der Waals surface area contributed by atoms with Gasteiger partial charge in [-0.1, -0.05) is 34.2 Å². The van der Waals surface area contributed by atoms with E-state index >= 15 is 0 Å². The van der Waals surface area contributed by atoms with Gasteiger partial charge in [-0.3, -0.25) is 4.79 Å². The first-order valence-corrected chi connectivity index (χ1v) is 5.77. The Labute approximate surface area is 101 Å². The SMILES string of the molecule is COc1ccc(Cl)cc1NC(=O)CI. The number of alkyl halides is 1. The van der Waals surface area contributed by atoms with E-state index in [2.05, 4.69) is 5.32 Å². The van der Waals surface area contributed by atoms with Crippen LogP contribution in [0.15, 0.2) is 18.2 Å². The fourth-order valence-corrected chi connectivity index (χ4v) is 1.32. The molecule has 0 aliphatic rings. The summed E-state index contributed by atoms with van der Waals surface area (Å²) in [6.07, 6.45) is 0. The summed E-state index contributed by atoms with van der Waals surface area (Å²) in [6, 6.07) is 5.08. The van der Waals surface area contributed by atoms with Crippen molar-refractivity contribution in [1.82, 2.24) is 0 Å². The number of hydrogen-bond acceptors (Lipinski definition) is 2. The Kier molecular flexibility index (Phi) is 4.47. The Balaban J connectivity index is 2.93. The maximum atomic E-state index is 11.1. The lowest BCUT2D eigenvalue weighted by molar-refractivity contribution is -0.113. The summed E-state index contributed by atoms with van der Waals surface area (Å²) in [5.74, 6) is 0.527. The van der Waals surface area contributed by atoms with Gasteiger partial charge in [0.2, 0.25) is 5.91 Å². The predicted octanol–water partition coefficient (Wildman–Crippen LogP) is 2.72. The molecular formula is C9H9ClINO2. The van der Waals surface area contributed by atoms with Crippen molar-refractivity contribution in [3.63, 3.8) is 0 Å². The van der Waals surface area contributed by atoms with Crippen LogP contribution in [0.1, 0.15) is 0 Å². The number of carbonyl (C=O) groups is 1. The van der Waals surface area contributed by atoms with Gasteiger partial charge in [0.05, 0.1) is 17.2 Å². The van der Waals surface area contributed by atoms with E-state index in [1.54, 1.807) is 25.3 Å². The molecule has 1 amide bonds. The number of ether oxygens (including phenoxy) is 1. The number of amides is 1. The molecule has 1 aromatic carbocycles. The van der Waals surface area contributed by atoms with Crippen LogP contribution in [0.3, 0.4) is 0 Å². The molecule has 0 saturated heterocycles. The average Bonchev–Trinajstić information content (AvgIpc) is 2.18. The van der Waals surface area contributed by atoms with E-state index in [1.165, 1.54) is 0 Å². The summed E-state index contributed by atoms with van der Waals surface area (Å²) < 4.78 is 5.47. The van der Waals surface area contributed by atoms with Gasteiger partial charge in [0, 0.05) is 5.02 Å². The Morgan fingerprint density at radius 2 is 2.36 bits per heavy atom. The molecule has 0 unspecified atom stereocenters. The Morgan fingerprint density at radius 3 is 2.93 bits per heavy atom. The molecule has 0 radical (unpaired) electrons. The van der Waals surface area contributed by atoms with Gasteiger partial charge in [-0.05, 0) is 18.2 Å². The van der Waals surface area contributed by atoms with Crippen LogP contribution in [0.4, 0.5) is 5.69 Å². The van der Waals surface area contributed by atoms with Crippen LogP contribution in [0.25, 0.3) is 0 Å². The summed E-state index contributed by atoms with van der Waals surface area (Å²) in [4.78, 5) is 11.1. The Morgan fingerprint density at radius 1 is 1.64 bits per heavy atom. The van der Waals surface area contributed by atoms with Crippen LogP contribution in [-0.2, 0) is 4.79 Å². The Bertz CT molecular complexity index is 344. The maximum Gasteiger partial charge on any atom is 0.234 e. The monoisotopic (exact) mass is 325 g/mol. The van der Waals surface area contributed by atoms with Crippen molar-refractivity contribution in [2.24, 2.45) is 0 Å². The third kappa shape index (κ3) is 3.02. The standard InChI is InChI=1S/C9H9ClINO2/c1-14-8-3-2-6(10)4-7(8)12-9(13)5-11/h2-4H,5H2,1H3,(H,12,13). The summed E-state index contributed by atoms with van der Waals surface area (Å²) in [6.45, 7) is 0. The maximum absolute atomic E-state index is 11.1. The van der Waals surface area contributed by atoms with Crippen molar-refractivity contribution < 1.29 is 9.53 Å². The van der Waals surface area contributed by atoms with E-state index in [0.29, 0.717) is 20.9 Å². The van der Waals surface area contributed by atoms with Crippen molar-refractivity contribution in [3.8, 4) is 5.75 Å². The number of hydrogen-bond donors (Lipinski definition) is 1. The van der Waals surface area contributed by atoms with Crippen LogP contribution in [-0.4, -0.2) is 17.4 Å². The molecule has 1 rings (SSSR count). The normalized spacial score (nSPS) is 9.64. The third-order valence-corrected chi connectivity index (χ3v) is 2.48. The van der Waals surface area contributed by atoms with Crippen molar-refractivity contribution in [2.75, 3.05) is 16.9 Å². The highest BCUT2D eigenvalue weighted by atomic mass is 127. The van der Waals surface area contributed by atoms with Gasteiger partial charge in [-0.15, -0.1) is 0 Å². The highest BCUT2D eigenvalue weighted by Crippen LogP contribution is 2.27. The van der Waals surface area contributed by atoms with Crippen LogP contribution < -0.4 is 10.1 Å². The molecular weight excluding hydrogens is 316 g/mol. The van der Waals surface area contributed by atoms with E-state index < -0.39 is 0 Å². The van der Waals surface area contributed by atoms with Crippen LogP contribution in [0, 0.1) is 0 Å². The zero-order chi connectivity index (χ0) is 10.6. The summed E-state index contributed by atoms with van der Waals surface area (Å²) in [7, 11) is 1.54. The van der Waals surface area contributed by atoms with Crippen LogP contribution >= 0.6 is 34.2 Å². The van der Waals surface area contributed by atoms with Gasteiger partial charge < -0.3 is 10.1 Å². The highest BCUT2D eigenvalue weighted by Gasteiger charge is 2.06. The van der Waals surface area contributed by atoms with Crippen molar-refractivity contribution in [3.05, 3.63) is 23.2 Å². The first-order chi connectivity index (χ1) is 6.67. The Hall–Kier alpha value is -0.490. The summed E-state index contributed by atoms with van der Waals surface area (Å²) in [5.41, 5.74) is 0.599. The minimum atomic E-state index is -0.0776. The molecule has 76 valence electrons. The molecule has 1 aromatic rings. The highest BCUT2D eigenvalue weighted by molar-refractivity contribution is 14.1. The number of rotatable bonds is 3. The van der Waals surface area contributed by atoms with Gasteiger partial charge in [-0.2, -0.15) is 0 Å². The smallest absolute Gasteiger partial charge is 0.234 e. The van der Waals surface area contributed by atoms with E-state index in [1.807, 2.05) is 22.6 Å².